The molecule has 0 bridgehead atoms. The van der Waals surface area contributed by atoms with Gasteiger partial charge in [0.15, 0.2) is 11.6 Å². The van der Waals surface area contributed by atoms with Gasteiger partial charge >= 0.3 is 0 Å². The van der Waals surface area contributed by atoms with Crippen LogP contribution in [-0.4, -0.2) is 120 Å². The fourth-order valence-electron chi connectivity index (χ4n) is 4.92. The SMILES string of the molecule is O=C(c1ccccc1)c1ccc(OCCCN(CCO)CCO)cc1.O=C(c1ccccc1)c1ccc(SCCN(CCO)CCO)cc1. The average molecular weight is 689 g/mol. The van der Waals surface area contributed by atoms with Crippen molar-refractivity contribution in [3.63, 3.8) is 0 Å². The molecule has 0 fully saturated rings. The Morgan fingerprint density at radius 2 is 0.918 bits per heavy atom. The molecule has 0 saturated heterocycles. The summed E-state index contributed by atoms with van der Waals surface area (Å²) in [7, 11) is 0. The van der Waals surface area contributed by atoms with Crippen LogP contribution in [0.4, 0.5) is 0 Å². The second-order valence-corrected chi connectivity index (χ2v) is 12.2. The molecule has 0 aliphatic carbocycles. The van der Waals surface area contributed by atoms with Gasteiger partial charge in [-0.3, -0.25) is 19.4 Å². The van der Waals surface area contributed by atoms with Crippen LogP contribution >= 0.6 is 11.8 Å². The highest BCUT2D eigenvalue weighted by atomic mass is 32.2. The minimum atomic E-state index is -0.00389. The first-order valence-corrected chi connectivity index (χ1v) is 17.5. The Labute approximate surface area is 293 Å². The molecular formula is C39H48N2O7S. The molecule has 9 nitrogen and oxygen atoms in total. The molecule has 0 radical (unpaired) electrons. The molecule has 262 valence electrons. The van der Waals surface area contributed by atoms with Crippen molar-refractivity contribution in [3.05, 3.63) is 131 Å². The Bertz CT molecular complexity index is 1460. The third-order valence-corrected chi connectivity index (χ3v) is 8.53. The molecule has 0 unspecified atom stereocenters. The van der Waals surface area contributed by atoms with E-state index in [1.54, 1.807) is 48.2 Å². The lowest BCUT2D eigenvalue weighted by atomic mass is 10.0. The highest BCUT2D eigenvalue weighted by molar-refractivity contribution is 7.99. The van der Waals surface area contributed by atoms with Crippen LogP contribution in [0.2, 0.25) is 0 Å². The van der Waals surface area contributed by atoms with Gasteiger partial charge in [-0.2, -0.15) is 0 Å². The number of carbonyl (C=O) groups is 2. The van der Waals surface area contributed by atoms with E-state index in [4.69, 9.17) is 25.2 Å². The smallest absolute Gasteiger partial charge is 0.193 e. The third-order valence-electron chi connectivity index (χ3n) is 7.53. The standard InChI is InChI=1S/C20H25NO4.C19H23NO3S/c22-14-12-21(13-15-23)11-4-16-25-19-9-7-18(8-10-19)20(24)17-5-2-1-3-6-17;21-13-10-20(11-14-22)12-15-24-18-8-6-17(7-9-18)19(23)16-4-2-1-3-5-16/h1-3,5-10,22-23H,4,11-16H2;1-9,21-22H,10-15H2. The van der Waals surface area contributed by atoms with Gasteiger partial charge in [-0.05, 0) is 55.0 Å². The van der Waals surface area contributed by atoms with E-state index in [9.17, 15) is 9.59 Å². The Kier molecular flexibility index (Phi) is 19.0. The van der Waals surface area contributed by atoms with Crippen molar-refractivity contribution in [2.45, 2.75) is 11.3 Å². The van der Waals surface area contributed by atoms with Crippen LogP contribution in [0, 0.1) is 0 Å². The van der Waals surface area contributed by atoms with E-state index in [1.807, 2.05) is 82.6 Å². The average Bonchev–Trinajstić information content (AvgIpc) is 3.14. The molecule has 4 aromatic rings. The van der Waals surface area contributed by atoms with Gasteiger partial charge < -0.3 is 25.2 Å². The predicted octanol–water partition coefficient (Wildman–Crippen LogP) is 4.27. The number of carbonyl (C=O) groups excluding carboxylic acids is 2. The number of aliphatic hydroxyl groups excluding tert-OH is 4. The maximum absolute atomic E-state index is 12.3. The van der Waals surface area contributed by atoms with Crippen LogP contribution in [0.3, 0.4) is 0 Å². The first kappa shape index (κ1) is 39.6. The highest BCUT2D eigenvalue weighted by Gasteiger charge is 2.10. The Morgan fingerprint density at radius 1 is 0.510 bits per heavy atom. The molecule has 49 heavy (non-hydrogen) atoms. The van der Waals surface area contributed by atoms with E-state index in [0.29, 0.717) is 55.0 Å². The number of thioether (sulfide) groups is 1. The summed E-state index contributed by atoms with van der Waals surface area (Å²) >= 11 is 1.70. The number of hydrogen-bond donors (Lipinski definition) is 4. The highest BCUT2D eigenvalue weighted by Crippen LogP contribution is 2.20. The normalized spacial score (nSPS) is 10.9. The first-order valence-electron chi connectivity index (χ1n) is 16.5. The topological polar surface area (TPSA) is 131 Å². The van der Waals surface area contributed by atoms with Crippen LogP contribution in [0.1, 0.15) is 38.3 Å². The first-order chi connectivity index (χ1) is 24.0. The van der Waals surface area contributed by atoms with Gasteiger partial charge in [0, 0.05) is 72.2 Å². The van der Waals surface area contributed by atoms with Crippen molar-refractivity contribution in [1.82, 2.24) is 9.80 Å². The summed E-state index contributed by atoms with van der Waals surface area (Å²) < 4.78 is 5.69. The quantitative estimate of drug-likeness (QED) is 0.0572. The van der Waals surface area contributed by atoms with E-state index in [2.05, 4.69) is 0 Å². The molecular weight excluding hydrogens is 641 g/mol. The number of aliphatic hydroxyl groups is 4. The van der Waals surface area contributed by atoms with Crippen molar-refractivity contribution >= 4 is 23.3 Å². The second kappa shape index (κ2) is 23.5. The number of benzene rings is 4. The zero-order valence-electron chi connectivity index (χ0n) is 27.9. The van der Waals surface area contributed by atoms with Gasteiger partial charge in [0.2, 0.25) is 0 Å². The van der Waals surface area contributed by atoms with Crippen LogP contribution in [0.5, 0.6) is 5.75 Å². The van der Waals surface area contributed by atoms with Crippen LogP contribution in [-0.2, 0) is 0 Å². The second-order valence-electron chi connectivity index (χ2n) is 11.1. The minimum absolute atomic E-state index is 0.00389. The van der Waals surface area contributed by atoms with Crippen molar-refractivity contribution in [3.8, 4) is 5.75 Å². The largest absolute Gasteiger partial charge is 0.494 e. The van der Waals surface area contributed by atoms with Gasteiger partial charge in [0.05, 0.1) is 33.0 Å². The minimum Gasteiger partial charge on any atom is -0.494 e. The maximum atomic E-state index is 12.3. The summed E-state index contributed by atoms with van der Waals surface area (Å²) in [5, 5.41) is 35.9. The van der Waals surface area contributed by atoms with Crippen LogP contribution in [0.25, 0.3) is 0 Å². The fourth-order valence-corrected chi connectivity index (χ4v) is 5.84. The van der Waals surface area contributed by atoms with Gasteiger partial charge in [-0.25, -0.2) is 0 Å². The Hall–Kier alpha value is -3.87. The van der Waals surface area contributed by atoms with Gasteiger partial charge in [0.1, 0.15) is 5.75 Å². The summed E-state index contributed by atoms with van der Waals surface area (Å²) in [6.07, 6.45) is 0.796. The van der Waals surface area contributed by atoms with Crippen molar-refractivity contribution in [2.24, 2.45) is 0 Å². The van der Waals surface area contributed by atoms with E-state index < -0.39 is 0 Å². The fraction of sp³-hybridized carbons (Fsp3) is 0.333. The van der Waals surface area contributed by atoms with E-state index in [0.717, 1.165) is 35.9 Å². The zero-order chi connectivity index (χ0) is 35.1. The van der Waals surface area contributed by atoms with Crippen molar-refractivity contribution < 1.29 is 34.8 Å². The van der Waals surface area contributed by atoms with Crippen molar-refractivity contribution in [2.75, 3.05) is 78.1 Å². The maximum Gasteiger partial charge on any atom is 0.193 e. The number of ketones is 2. The number of nitrogens with zero attached hydrogens (tertiary/aromatic N) is 2. The lowest BCUT2D eigenvalue weighted by molar-refractivity contribution is 0.103. The number of ether oxygens (including phenoxy) is 1. The lowest BCUT2D eigenvalue weighted by Gasteiger charge is -2.19. The van der Waals surface area contributed by atoms with Crippen LogP contribution in [0.15, 0.2) is 114 Å². The van der Waals surface area contributed by atoms with E-state index >= 15 is 0 Å². The molecule has 0 amide bonds. The molecule has 0 spiro atoms. The van der Waals surface area contributed by atoms with Gasteiger partial charge in [-0.1, -0.05) is 60.7 Å². The summed E-state index contributed by atoms with van der Waals surface area (Å²) in [6, 6.07) is 33.2. The Morgan fingerprint density at radius 3 is 1.37 bits per heavy atom. The van der Waals surface area contributed by atoms with Crippen LogP contribution < -0.4 is 4.74 Å². The molecule has 0 atom stereocenters. The van der Waals surface area contributed by atoms with Crippen molar-refractivity contribution in [1.29, 1.82) is 0 Å². The summed E-state index contributed by atoms with van der Waals surface area (Å²) in [6.45, 7) is 4.71. The van der Waals surface area contributed by atoms with Gasteiger partial charge in [-0.15, -0.1) is 11.8 Å². The van der Waals surface area contributed by atoms with Gasteiger partial charge in [0.25, 0.3) is 0 Å². The monoisotopic (exact) mass is 688 g/mol. The zero-order valence-corrected chi connectivity index (χ0v) is 28.7. The number of rotatable bonds is 21. The molecule has 0 aliphatic heterocycles. The molecule has 0 heterocycles. The lowest BCUT2D eigenvalue weighted by Crippen LogP contribution is -2.31. The molecule has 0 aromatic heterocycles. The number of hydrogen-bond acceptors (Lipinski definition) is 10. The Balaban J connectivity index is 0.000000266. The van der Waals surface area contributed by atoms with E-state index in [1.165, 1.54) is 0 Å². The molecule has 10 heteroatoms. The summed E-state index contributed by atoms with van der Waals surface area (Å²) in [5.41, 5.74) is 2.69. The summed E-state index contributed by atoms with van der Waals surface area (Å²) in [5.74, 6) is 1.62. The molecule has 0 saturated carbocycles. The molecule has 4 N–H and O–H groups in total. The molecule has 4 aromatic carbocycles. The molecule has 4 rings (SSSR count). The molecule has 0 aliphatic rings. The summed E-state index contributed by atoms with van der Waals surface area (Å²) in [4.78, 5) is 29.8. The third kappa shape index (κ3) is 14.6. The van der Waals surface area contributed by atoms with E-state index in [-0.39, 0.29) is 38.0 Å². The predicted molar refractivity (Wildman–Crippen MR) is 195 cm³/mol.